The van der Waals surface area contributed by atoms with Crippen molar-refractivity contribution in [3.8, 4) is 0 Å². The molecule has 0 unspecified atom stereocenters. The molecule has 0 atom stereocenters. The lowest BCUT2D eigenvalue weighted by Crippen LogP contribution is -2.17. The Hall–Kier alpha value is -1.31. The van der Waals surface area contributed by atoms with E-state index in [1.165, 1.54) is 0 Å². The van der Waals surface area contributed by atoms with Crippen molar-refractivity contribution in [2.75, 3.05) is 11.9 Å². The topological polar surface area (TPSA) is 29.1 Å². The predicted molar refractivity (Wildman–Crippen MR) is 55.2 cm³/mol. The van der Waals surface area contributed by atoms with E-state index in [-0.39, 0.29) is 5.78 Å². The molecular weight excluding hydrogens is 162 g/mol. The average molecular weight is 177 g/mol. The van der Waals surface area contributed by atoms with Gasteiger partial charge in [-0.05, 0) is 12.1 Å². The number of benzene rings is 1. The Kier molecular flexibility index (Phi) is 3.50. The summed E-state index contributed by atoms with van der Waals surface area (Å²) in [5.74, 6) is 0.249. The van der Waals surface area contributed by atoms with Gasteiger partial charge in [0.1, 0.15) is 0 Å². The Morgan fingerprint density at radius 1 is 1.23 bits per heavy atom. The van der Waals surface area contributed by atoms with Crippen LogP contribution in [0.25, 0.3) is 0 Å². The second-order valence-electron chi connectivity index (χ2n) is 2.65. The molecular formula is C11H15NO. The normalized spacial score (nSPS) is 13.5. The molecule has 1 aromatic rings. The van der Waals surface area contributed by atoms with E-state index in [9.17, 15) is 4.79 Å². The fraction of sp³-hybridized carbons (Fsp3) is 0.364. The van der Waals surface area contributed by atoms with Crippen molar-refractivity contribution in [2.24, 2.45) is 0 Å². The van der Waals surface area contributed by atoms with E-state index >= 15 is 0 Å². The van der Waals surface area contributed by atoms with Crippen LogP contribution >= 0.6 is 0 Å². The number of anilines is 1. The molecule has 0 bridgehead atoms. The molecule has 2 rings (SSSR count). The Balaban J connectivity index is 0.000000396. The van der Waals surface area contributed by atoms with Crippen molar-refractivity contribution in [1.82, 2.24) is 0 Å². The molecule has 1 heterocycles. The largest absolute Gasteiger partial charge is 0.384 e. The fourth-order valence-corrected chi connectivity index (χ4v) is 1.33. The summed E-state index contributed by atoms with van der Waals surface area (Å²) in [7, 11) is 0. The number of ketones is 1. The Morgan fingerprint density at radius 3 is 2.62 bits per heavy atom. The van der Waals surface area contributed by atoms with Gasteiger partial charge in [-0.15, -0.1) is 0 Å². The molecule has 1 N–H and O–H groups in total. The van der Waals surface area contributed by atoms with Crippen molar-refractivity contribution < 1.29 is 4.79 Å². The smallest absolute Gasteiger partial charge is 0.166 e. The van der Waals surface area contributed by atoms with Gasteiger partial charge in [0, 0.05) is 24.2 Å². The highest BCUT2D eigenvalue weighted by Gasteiger charge is 2.14. The molecule has 0 fully saturated rings. The van der Waals surface area contributed by atoms with E-state index in [0.717, 1.165) is 17.8 Å². The zero-order chi connectivity index (χ0) is 9.68. The third-order valence-electron chi connectivity index (χ3n) is 1.89. The number of nitrogens with one attached hydrogen (secondary N) is 1. The molecule has 13 heavy (non-hydrogen) atoms. The maximum absolute atomic E-state index is 11.2. The zero-order valence-corrected chi connectivity index (χ0v) is 8.13. The van der Waals surface area contributed by atoms with Crippen molar-refractivity contribution in [3.63, 3.8) is 0 Å². The van der Waals surface area contributed by atoms with Crippen LogP contribution in [0, 0.1) is 0 Å². The van der Waals surface area contributed by atoms with Gasteiger partial charge in [0.2, 0.25) is 0 Å². The highest BCUT2D eigenvalue weighted by Crippen LogP contribution is 2.20. The molecule has 1 aromatic carbocycles. The first-order valence-electron chi connectivity index (χ1n) is 4.74. The number of carbonyl (C=O) groups excluding carboxylic acids is 1. The summed E-state index contributed by atoms with van der Waals surface area (Å²) >= 11 is 0. The summed E-state index contributed by atoms with van der Waals surface area (Å²) in [5.41, 5.74) is 1.81. The van der Waals surface area contributed by atoms with E-state index in [0.29, 0.717) is 6.42 Å². The molecule has 2 nitrogen and oxygen atoms in total. The maximum Gasteiger partial charge on any atom is 0.166 e. The standard InChI is InChI=1S/C9H9NO.C2H6/c11-9-5-6-10-8-4-2-1-3-7(8)9;1-2/h1-4,10H,5-6H2;1-2H3. The van der Waals surface area contributed by atoms with Crippen molar-refractivity contribution in [2.45, 2.75) is 20.3 Å². The first-order chi connectivity index (χ1) is 6.38. The first kappa shape index (κ1) is 9.78. The van der Waals surface area contributed by atoms with Gasteiger partial charge >= 0.3 is 0 Å². The van der Waals surface area contributed by atoms with Gasteiger partial charge in [-0.2, -0.15) is 0 Å². The van der Waals surface area contributed by atoms with E-state index in [2.05, 4.69) is 5.32 Å². The third kappa shape index (κ3) is 2.08. The molecule has 2 heteroatoms. The Morgan fingerprint density at radius 2 is 1.92 bits per heavy atom. The molecule has 0 spiro atoms. The van der Waals surface area contributed by atoms with Gasteiger partial charge in [-0.25, -0.2) is 0 Å². The number of hydrogen-bond acceptors (Lipinski definition) is 2. The molecule has 1 aliphatic rings. The molecule has 0 saturated carbocycles. The number of carbonyl (C=O) groups is 1. The van der Waals surface area contributed by atoms with Gasteiger partial charge < -0.3 is 5.32 Å². The van der Waals surface area contributed by atoms with Crippen LogP contribution in [0.5, 0.6) is 0 Å². The number of para-hydroxylation sites is 1. The van der Waals surface area contributed by atoms with Gasteiger partial charge in [0.25, 0.3) is 0 Å². The lowest BCUT2D eigenvalue weighted by molar-refractivity contribution is 0.0984. The summed E-state index contributed by atoms with van der Waals surface area (Å²) in [6.45, 7) is 4.77. The lowest BCUT2D eigenvalue weighted by Gasteiger charge is -2.15. The zero-order valence-electron chi connectivity index (χ0n) is 8.13. The minimum Gasteiger partial charge on any atom is -0.384 e. The molecule has 0 aliphatic carbocycles. The van der Waals surface area contributed by atoms with Gasteiger partial charge in [-0.1, -0.05) is 26.0 Å². The number of Topliss-reactive ketones (excluding diaryl/α,β-unsaturated/α-hetero) is 1. The third-order valence-corrected chi connectivity index (χ3v) is 1.89. The summed E-state index contributed by atoms with van der Waals surface area (Å²) in [4.78, 5) is 11.2. The summed E-state index contributed by atoms with van der Waals surface area (Å²) in [6.07, 6.45) is 0.622. The van der Waals surface area contributed by atoms with Gasteiger partial charge in [0.15, 0.2) is 5.78 Å². The van der Waals surface area contributed by atoms with E-state index < -0.39 is 0 Å². The van der Waals surface area contributed by atoms with Crippen LogP contribution in [-0.2, 0) is 0 Å². The highest BCUT2D eigenvalue weighted by molar-refractivity contribution is 6.02. The van der Waals surface area contributed by atoms with E-state index in [1.54, 1.807) is 0 Å². The van der Waals surface area contributed by atoms with Crippen LogP contribution in [0.4, 0.5) is 5.69 Å². The molecule has 0 radical (unpaired) electrons. The second-order valence-corrected chi connectivity index (χ2v) is 2.65. The minimum absolute atomic E-state index is 0.249. The average Bonchev–Trinajstić information content (AvgIpc) is 2.22. The quantitative estimate of drug-likeness (QED) is 0.660. The van der Waals surface area contributed by atoms with Crippen molar-refractivity contribution in [3.05, 3.63) is 29.8 Å². The van der Waals surface area contributed by atoms with Crippen LogP contribution in [0.15, 0.2) is 24.3 Å². The molecule has 0 amide bonds. The van der Waals surface area contributed by atoms with Crippen LogP contribution in [0.2, 0.25) is 0 Å². The Labute approximate surface area is 79.0 Å². The van der Waals surface area contributed by atoms with Gasteiger partial charge in [-0.3, -0.25) is 4.79 Å². The molecule has 0 saturated heterocycles. The summed E-state index contributed by atoms with van der Waals surface area (Å²) < 4.78 is 0. The van der Waals surface area contributed by atoms with Crippen molar-refractivity contribution in [1.29, 1.82) is 0 Å². The molecule has 70 valence electrons. The van der Waals surface area contributed by atoms with Crippen LogP contribution in [0.1, 0.15) is 30.6 Å². The lowest BCUT2D eigenvalue weighted by atomic mass is 10.0. The molecule has 0 aromatic heterocycles. The molecule has 1 aliphatic heterocycles. The monoisotopic (exact) mass is 177 g/mol. The van der Waals surface area contributed by atoms with Crippen LogP contribution in [0.3, 0.4) is 0 Å². The van der Waals surface area contributed by atoms with Gasteiger partial charge in [0.05, 0.1) is 0 Å². The van der Waals surface area contributed by atoms with Crippen LogP contribution in [-0.4, -0.2) is 12.3 Å². The minimum atomic E-state index is 0.249. The SMILES string of the molecule is CC.O=C1CCNc2ccccc21. The first-order valence-corrected chi connectivity index (χ1v) is 4.74. The predicted octanol–water partition coefficient (Wildman–Crippen LogP) is 2.71. The van der Waals surface area contributed by atoms with E-state index in [4.69, 9.17) is 0 Å². The summed E-state index contributed by atoms with van der Waals surface area (Å²) in [5, 5.41) is 3.17. The second kappa shape index (κ2) is 4.65. The van der Waals surface area contributed by atoms with E-state index in [1.807, 2.05) is 38.1 Å². The van der Waals surface area contributed by atoms with Crippen LogP contribution < -0.4 is 5.32 Å². The summed E-state index contributed by atoms with van der Waals surface area (Å²) in [6, 6.07) is 7.63. The fourth-order valence-electron chi connectivity index (χ4n) is 1.33. The number of rotatable bonds is 0. The number of fused-ring (bicyclic) bond motifs is 1. The maximum atomic E-state index is 11.2. The number of hydrogen-bond donors (Lipinski definition) is 1. The highest BCUT2D eigenvalue weighted by atomic mass is 16.1. The Bertz CT molecular complexity index is 294. The van der Waals surface area contributed by atoms with Crippen molar-refractivity contribution >= 4 is 11.5 Å².